The maximum absolute atomic E-state index is 13.9. The van der Waals surface area contributed by atoms with Gasteiger partial charge in [0.05, 0.1) is 0 Å². The van der Waals surface area contributed by atoms with Gasteiger partial charge in [-0.25, -0.2) is 9.18 Å². The van der Waals surface area contributed by atoms with Gasteiger partial charge in [0.15, 0.2) is 0 Å². The van der Waals surface area contributed by atoms with Crippen LogP contribution in [0.4, 0.5) is 9.18 Å². The molecule has 1 aromatic rings. The Morgan fingerprint density at radius 1 is 1.23 bits per heavy atom. The highest BCUT2D eigenvalue weighted by Gasteiger charge is 2.42. The molecule has 0 spiro atoms. The van der Waals surface area contributed by atoms with Crippen LogP contribution >= 0.6 is 0 Å². The minimum absolute atomic E-state index is 0.117. The van der Waals surface area contributed by atoms with Crippen molar-refractivity contribution in [3.63, 3.8) is 0 Å². The predicted octanol–water partition coefficient (Wildman–Crippen LogP) is 3.59. The van der Waals surface area contributed by atoms with Crippen molar-refractivity contribution in [3.8, 4) is 0 Å². The van der Waals surface area contributed by atoms with Crippen molar-refractivity contribution in [3.05, 3.63) is 35.6 Å². The molecule has 0 atom stereocenters. The first-order valence-electron chi connectivity index (χ1n) is 8.27. The summed E-state index contributed by atoms with van der Waals surface area (Å²) in [5.74, 6) is 1.14. The van der Waals surface area contributed by atoms with Crippen molar-refractivity contribution in [1.82, 2.24) is 10.6 Å². The highest BCUT2D eigenvalue weighted by molar-refractivity contribution is 5.74. The topological polar surface area (TPSA) is 41.1 Å². The van der Waals surface area contributed by atoms with E-state index in [-0.39, 0.29) is 11.8 Å². The summed E-state index contributed by atoms with van der Waals surface area (Å²) in [6.07, 6.45) is 4.95. The lowest BCUT2D eigenvalue weighted by molar-refractivity contribution is 0.230. The fraction of sp³-hybridized carbons (Fsp3) is 0.611. The molecule has 2 aliphatic rings. The van der Waals surface area contributed by atoms with Gasteiger partial charge in [-0.1, -0.05) is 32.0 Å². The van der Waals surface area contributed by atoms with Crippen LogP contribution in [-0.4, -0.2) is 18.6 Å². The van der Waals surface area contributed by atoms with E-state index in [1.54, 1.807) is 12.1 Å². The lowest BCUT2D eigenvalue weighted by Crippen LogP contribution is -2.47. The zero-order valence-electron chi connectivity index (χ0n) is 13.4. The number of hydrogen-bond donors (Lipinski definition) is 2. The molecule has 3 nitrogen and oxygen atoms in total. The Kier molecular flexibility index (Phi) is 4.11. The van der Waals surface area contributed by atoms with Gasteiger partial charge in [0, 0.05) is 18.0 Å². The van der Waals surface area contributed by atoms with Gasteiger partial charge in [-0.15, -0.1) is 0 Å². The third-order valence-electron chi connectivity index (χ3n) is 4.85. The summed E-state index contributed by atoms with van der Waals surface area (Å²) in [5.41, 5.74) is 0.202. The van der Waals surface area contributed by atoms with Gasteiger partial charge in [-0.3, -0.25) is 0 Å². The summed E-state index contributed by atoms with van der Waals surface area (Å²) in [4.78, 5) is 12.2. The van der Waals surface area contributed by atoms with E-state index in [9.17, 15) is 9.18 Å². The minimum Gasteiger partial charge on any atom is -0.337 e. The summed E-state index contributed by atoms with van der Waals surface area (Å²) in [6, 6.07) is 6.99. The molecule has 0 bridgehead atoms. The molecule has 0 saturated heterocycles. The van der Waals surface area contributed by atoms with E-state index in [1.807, 2.05) is 19.9 Å². The van der Waals surface area contributed by atoms with Crippen LogP contribution < -0.4 is 10.6 Å². The third-order valence-corrected chi connectivity index (χ3v) is 4.85. The minimum atomic E-state index is -0.433. The van der Waals surface area contributed by atoms with Crippen molar-refractivity contribution in [1.29, 1.82) is 0 Å². The van der Waals surface area contributed by atoms with Crippen LogP contribution in [0.2, 0.25) is 0 Å². The Morgan fingerprint density at radius 2 is 1.82 bits per heavy atom. The molecular formula is C18H25FN2O. The normalized spacial score (nSPS) is 18.4. The second-order valence-corrected chi connectivity index (χ2v) is 7.39. The SMILES string of the molecule is CC(C)(CNC(=O)NC(C1CC1)C1CC1)c1ccccc1F. The third kappa shape index (κ3) is 3.60. The van der Waals surface area contributed by atoms with Crippen LogP contribution in [0.25, 0.3) is 0 Å². The highest BCUT2D eigenvalue weighted by atomic mass is 19.1. The molecule has 22 heavy (non-hydrogen) atoms. The van der Waals surface area contributed by atoms with Gasteiger partial charge in [-0.05, 0) is 49.1 Å². The van der Waals surface area contributed by atoms with E-state index in [0.717, 1.165) is 0 Å². The predicted molar refractivity (Wildman–Crippen MR) is 85.2 cm³/mol. The molecule has 2 fully saturated rings. The van der Waals surface area contributed by atoms with E-state index < -0.39 is 5.41 Å². The molecular weight excluding hydrogens is 279 g/mol. The van der Waals surface area contributed by atoms with Gasteiger partial charge in [0.1, 0.15) is 5.82 Å². The smallest absolute Gasteiger partial charge is 0.315 e. The molecule has 3 rings (SSSR count). The maximum Gasteiger partial charge on any atom is 0.315 e. The fourth-order valence-corrected chi connectivity index (χ4v) is 3.14. The number of halogens is 1. The standard InChI is InChI=1S/C18H25FN2O/c1-18(2,14-5-3-4-6-15(14)19)11-20-17(22)21-16(12-7-8-12)13-9-10-13/h3-6,12-13,16H,7-11H2,1-2H3,(H2,20,21,22). The largest absolute Gasteiger partial charge is 0.337 e. The number of carbonyl (C=O) groups is 1. The molecule has 4 heteroatoms. The fourth-order valence-electron chi connectivity index (χ4n) is 3.14. The first kappa shape index (κ1) is 15.3. The Bertz CT molecular complexity index is 538. The number of rotatable bonds is 6. The quantitative estimate of drug-likeness (QED) is 0.828. The summed E-state index contributed by atoms with van der Waals surface area (Å²) >= 11 is 0. The lowest BCUT2D eigenvalue weighted by atomic mass is 9.84. The average Bonchev–Trinajstić information content (AvgIpc) is 3.37. The zero-order chi connectivity index (χ0) is 15.7. The number of hydrogen-bond acceptors (Lipinski definition) is 1. The van der Waals surface area contributed by atoms with Crippen molar-refractivity contribution >= 4 is 6.03 Å². The number of urea groups is 1. The summed E-state index contributed by atoms with van der Waals surface area (Å²) < 4.78 is 13.9. The molecule has 0 unspecified atom stereocenters. The summed E-state index contributed by atoms with van der Waals surface area (Å²) in [5, 5.41) is 6.06. The van der Waals surface area contributed by atoms with E-state index in [4.69, 9.17) is 0 Å². The second kappa shape index (κ2) is 5.90. The molecule has 2 aliphatic carbocycles. The van der Waals surface area contributed by atoms with Crippen LogP contribution in [-0.2, 0) is 5.41 Å². The van der Waals surface area contributed by atoms with Crippen LogP contribution in [0.15, 0.2) is 24.3 Å². The number of nitrogens with one attached hydrogen (secondary N) is 2. The molecule has 0 heterocycles. The molecule has 0 aromatic heterocycles. The zero-order valence-corrected chi connectivity index (χ0v) is 13.4. The van der Waals surface area contributed by atoms with E-state index >= 15 is 0 Å². The van der Waals surface area contributed by atoms with Gasteiger partial charge in [0.2, 0.25) is 0 Å². The van der Waals surface area contributed by atoms with Crippen molar-refractivity contribution < 1.29 is 9.18 Å². The van der Waals surface area contributed by atoms with Gasteiger partial charge >= 0.3 is 6.03 Å². The maximum atomic E-state index is 13.9. The van der Waals surface area contributed by atoms with Crippen molar-refractivity contribution in [2.45, 2.75) is 51.0 Å². The highest BCUT2D eigenvalue weighted by Crippen LogP contribution is 2.44. The van der Waals surface area contributed by atoms with Gasteiger partial charge in [-0.2, -0.15) is 0 Å². The van der Waals surface area contributed by atoms with Crippen molar-refractivity contribution in [2.24, 2.45) is 11.8 Å². The van der Waals surface area contributed by atoms with Crippen LogP contribution in [0.5, 0.6) is 0 Å². The number of amides is 2. The summed E-state index contributed by atoms with van der Waals surface area (Å²) in [6.45, 7) is 4.32. The molecule has 1 aromatic carbocycles. The number of carbonyl (C=O) groups excluding carboxylic acids is 1. The molecule has 120 valence electrons. The van der Waals surface area contributed by atoms with Gasteiger partial charge < -0.3 is 10.6 Å². The van der Waals surface area contributed by atoms with E-state index in [2.05, 4.69) is 10.6 Å². The van der Waals surface area contributed by atoms with Crippen LogP contribution in [0.3, 0.4) is 0 Å². The monoisotopic (exact) mass is 304 g/mol. The molecule has 2 saturated carbocycles. The van der Waals surface area contributed by atoms with Crippen LogP contribution in [0, 0.1) is 17.7 Å². The molecule has 0 aliphatic heterocycles. The Balaban J connectivity index is 1.54. The van der Waals surface area contributed by atoms with E-state index in [1.165, 1.54) is 31.7 Å². The second-order valence-electron chi connectivity index (χ2n) is 7.39. The Hall–Kier alpha value is -1.58. The molecule has 2 amide bonds. The van der Waals surface area contributed by atoms with Gasteiger partial charge in [0.25, 0.3) is 0 Å². The summed E-state index contributed by atoms with van der Waals surface area (Å²) in [7, 11) is 0. The first-order valence-corrected chi connectivity index (χ1v) is 8.27. The van der Waals surface area contributed by atoms with Crippen LogP contribution in [0.1, 0.15) is 45.1 Å². The average molecular weight is 304 g/mol. The first-order chi connectivity index (χ1) is 10.5. The Labute approximate surface area is 131 Å². The van der Waals surface area contributed by atoms with Crippen molar-refractivity contribution in [2.75, 3.05) is 6.54 Å². The van der Waals surface area contributed by atoms with E-state index in [0.29, 0.717) is 30.0 Å². The molecule has 2 N–H and O–H groups in total. The molecule has 0 radical (unpaired) electrons. The Morgan fingerprint density at radius 3 is 2.36 bits per heavy atom. The lowest BCUT2D eigenvalue weighted by Gasteiger charge is -2.27. The number of benzene rings is 1.